The molecule has 21 heavy (non-hydrogen) atoms. The molecule has 0 saturated heterocycles. The second-order valence-corrected chi connectivity index (χ2v) is 4.30. The lowest BCUT2D eigenvalue weighted by molar-refractivity contribution is 0.407. The lowest BCUT2D eigenvalue weighted by Gasteiger charge is -2.12. The molecule has 1 heterocycles. The molecule has 1 aromatic heterocycles. The number of aliphatic imine (C=N–C) groups is 1. The first-order valence-corrected chi connectivity index (χ1v) is 6.58. The molecule has 116 valence electrons. The second-order valence-electron chi connectivity index (χ2n) is 4.30. The summed E-state index contributed by atoms with van der Waals surface area (Å²) in [5.74, 6) is 4.08. The van der Waals surface area contributed by atoms with Crippen molar-refractivity contribution in [2.75, 3.05) is 20.2 Å². The van der Waals surface area contributed by atoms with Gasteiger partial charge in [0.05, 0.1) is 25.9 Å². The zero-order valence-electron chi connectivity index (χ0n) is 13.0. The predicted octanol–water partition coefficient (Wildman–Crippen LogP) is 2.01. The number of pyridine rings is 1. The Balaban J connectivity index is 0.00000400. The smallest absolute Gasteiger partial charge is 0.192 e. The van der Waals surface area contributed by atoms with Crippen LogP contribution in [0.5, 0.6) is 5.75 Å². The van der Waals surface area contributed by atoms with Gasteiger partial charge in [0.1, 0.15) is 5.75 Å². The molecule has 1 aromatic rings. The highest BCUT2D eigenvalue weighted by Crippen LogP contribution is 2.24. The van der Waals surface area contributed by atoms with Crippen LogP contribution in [0.4, 0.5) is 0 Å². The Morgan fingerprint density at radius 3 is 2.71 bits per heavy atom. The average Bonchev–Trinajstić information content (AvgIpc) is 2.44. The molecule has 0 unspecified atom stereocenters. The largest absolute Gasteiger partial charge is 0.496 e. The molecule has 0 aromatic carbocycles. The van der Waals surface area contributed by atoms with Gasteiger partial charge in [0, 0.05) is 23.9 Å². The minimum atomic E-state index is 0. The number of methoxy groups -OCH3 is 1. The minimum Gasteiger partial charge on any atom is -0.496 e. The molecule has 0 fully saturated rings. The Hall–Kier alpha value is -1.49. The molecule has 0 spiro atoms. The molecule has 0 aliphatic heterocycles. The molecule has 0 aliphatic carbocycles. The van der Waals surface area contributed by atoms with Crippen LogP contribution in [0.2, 0.25) is 0 Å². The van der Waals surface area contributed by atoms with Crippen molar-refractivity contribution in [2.45, 2.75) is 27.3 Å². The van der Waals surface area contributed by atoms with E-state index >= 15 is 0 Å². The molecule has 0 aliphatic rings. The van der Waals surface area contributed by atoms with E-state index in [9.17, 15) is 0 Å². The number of hydrogen-bond acceptors (Lipinski definition) is 3. The van der Waals surface area contributed by atoms with Gasteiger partial charge in [-0.2, -0.15) is 0 Å². The van der Waals surface area contributed by atoms with E-state index in [1.165, 1.54) is 0 Å². The third-order valence-electron chi connectivity index (χ3n) is 2.84. The van der Waals surface area contributed by atoms with Gasteiger partial charge < -0.3 is 15.4 Å². The van der Waals surface area contributed by atoms with Gasteiger partial charge >= 0.3 is 0 Å². The van der Waals surface area contributed by atoms with E-state index in [1.807, 2.05) is 20.8 Å². The number of aryl methyl sites for hydroxylation is 1. The monoisotopic (exact) mass is 402 g/mol. The van der Waals surface area contributed by atoms with Gasteiger partial charge in [0.15, 0.2) is 5.96 Å². The number of rotatable bonds is 5. The third kappa shape index (κ3) is 5.79. The van der Waals surface area contributed by atoms with Gasteiger partial charge in [-0.25, -0.2) is 4.99 Å². The standard InChI is InChI=1S/C15H22N4O.HI/c1-6-8-17-15(16-7-2)19-10-13-12(4)14(20-5)11(3)9-18-13;/h1,9H,7-8,10H2,2-5H3,(H2,16,17,19);1H. The number of halogens is 1. The highest BCUT2D eigenvalue weighted by Gasteiger charge is 2.09. The molecular formula is C15H23IN4O. The van der Waals surface area contributed by atoms with Crippen molar-refractivity contribution in [1.82, 2.24) is 15.6 Å². The Morgan fingerprint density at radius 2 is 2.14 bits per heavy atom. The maximum absolute atomic E-state index is 5.39. The fourth-order valence-electron chi connectivity index (χ4n) is 1.86. The van der Waals surface area contributed by atoms with E-state index < -0.39 is 0 Å². The van der Waals surface area contributed by atoms with Crippen molar-refractivity contribution in [3.63, 3.8) is 0 Å². The molecule has 0 saturated carbocycles. The molecule has 0 amide bonds. The Labute approximate surface area is 144 Å². The zero-order chi connectivity index (χ0) is 15.0. The summed E-state index contributed by atoms with van der Waals surface area (Å²) in [4.78, 5) is 8.88. The quantitative estimate of drug-likeness (QED) is 0.343. The van der Waals surface area contributed by atoms with E-state index in [-0.39, 0.29) is 24.0 Å². The Kier molecular flexibility index (Phi) is 9.54. The molecular weight excluding hydrogens is 379 g/mol. The van der Waals surface area contributed by atoms with Crippen LogP contribution in [0.3, 0.4) is 0 Å². The number of terminal acetylenes is 1. The summed E-state index contributed by atoms with van der Waals surface area (Å²) in [6.07, 6.45) is 7.04. The summed E-state index contributed by atoms with van der Waals surface area (Å²) in [5.41, 5.74) is 2.93. The van der Waals surface area contributed by atoms with E-state index in [0.29, 0.717) is 19.0 Å². The van der Waals surface area contributed by atoms with E-state index in [1.54, 1.807) is 13.3 Å². The molecule has 0 bridgehead atoms. The number of hydrogen-bond donors (Lipinski definition) is 2. The van der Waals surface area contributed by atoms with Crippen LogP contribution in [-0.2, 0) is 6.54 Å². The van der Waals surface area contributed by atoms with Gasteiger partial charge in [0.25, 0.3) is 0 Å². The summed E-state index contributed by atoms with van der Waals surface area (Å²) >= 11 is 0. The summed E-state index contributed by atoms with van der Waals surface area (Å²) in [7, 11) is 1.67. The number of aromatic nitrogens is 1. The first kappa shape index (κ1) is 19.5. The van der Waals surface area contributed by atoms with Crippen LogP contribution in [-0.4, -0.2) is 31.1 Å². The molecule has 5 nitrogen and oxygen atoms in total. The van der Waals surface area contributed by atoms with Crippen molar-refractivity contribution >= 4 is 29.9 Å². The van der Waals surface area contributed by atoms with Crippen LogP contribution in [0.25, 0.3) is 0 Å². The van der Waals surface area contributed by atoms with Crippen molar-refractivity contribution < 1.29 is 4.74 Å². The van der Waals surface area contributed by atoms with Crippen molar-refractivity contribution in [1.29, 1.82) is 0 Å². The molecule has 1 rings (SSSR count). The molecule has 0 atom stereocenters. The Morgan fingerprint density at radius 1 is 1.43 bits per heavy atom. The fourth-order valence-corrected chi connectivity index (χ4v) is 1.86. The number of guanidine groups is 1. The first-order valence-electron chi connectivity index (χ1n) is 6.58. The second kappa shape index (κ2) is 10.3. The highest BCUT2D eigenvalue weighted by atomic mass is 127. The van der Waals surface area contributed by atoms with Crippen LogP contribution >= 0.6 is 24.0 Å². The molecule has 2 N–H and O–H groups in total. The van der Waals surface area contributed by atoms with Gasteiger partial charge in [-0.05, 0) is 20.8 Å². The van der Waals surface area contributed by atoms with Gasteiger partial charge in [-0.3, -0.25) is 4.98 Å². The summed E-state index contributed by atoms with van der Waals surface area (Å²) in [5, 5.41) is 6.18. The summed E-state index contributed by atoms with van der Waals surface area (Å²) < 4.78 is 5.39. The van der Waals surface area contributed by atoms with Crippen LogP contribution in [0, 0.1) is 26.2 Å². The maximum Gasteiger partial charge on any atom is 0.192 e. The number of ether oxygens (including phenoxy) is 1. The number of nitrogens with zero attached hydrogens (tertiary/aromatic N) is 2. The molecule has 0 radical (unpaired) electrons. The van der Waals surface area contributed by atoms with Gasteiger partial charge in [0.2, 0.25) is 0 Å². The van der Waals surface area contributed by atoms with Crippen molar-refractivity contribution in [3.05, 3.63) is 23.0 Å². The van der Waals surface area contributed by atoms with E-state index in [2.05, 4.69) is 26.5 Å². The van der Waals surface area contributed by atoms with E-state index in [0.717, 1.165) is 29.1 Å². The van der Waals surface area contributed by atoms with Gasteiger partial charge in [-0.1, -0.05) is 5.92 Å². The summed E-state index contributed by atoms with van der Waals surface area (Å²) in [6, 6.07) is 0. The lowest BCUT2D eigenvalue weighted by atomic mass is 10.1. The van der Waals surface area contributed by atoms with Gasteiger partial charge in [-0.15, -0.1) is 30.4 Å². The predicted molar refractivity (Wildman–Crippen MR) is 97.3 cm³/mol. The topological polar surface area (TPSA) is 58.5 Å². The normalized spacial score (nSPS) is 10.3. The van der Waals surface area contributed by atoms with Crippen LogP contribution in [0.15, 0.2) is 11.2 Å². The fraction of sp³-hybridized carbons (Fsp3) is 0.467. The first-order chi connectivity index (χ1) is 9.63. The van der Waals surface area contributed by atoms with Crippen LogP contribution in [0.1, 0.15) is 23.7 Å². The summed E-state index contributed by atoms with van der Waals surface area (Å²) in [6.45, 7) is 7.67. The van der Waals surface area contributed by atoms with E-state index in [4.69, 9.17) is 11.2 Å². The SMILES string of the molecule is C#CCNC(=NCc1ncc(C)c(OC)c1C)NCC.I. The zero-order valence-corrected chi connectivity index (χ0v) is 15.3. The van der Waals surface area contributed by atoms with Crippen LogP contribution < -0.4 is 15.4 Å². The Bertz CT molecular complexity index is 523. The lowest BCUT2D eigenvalue weighted by Crippen LogP contribution is -2.37. The minimum absolute atomic E-state index is 0. The number of nitrogens with one attached hydrogen (secondary N) is 2. The van der Waals surface area contributed by atoms with Crippen molar-refractivity contribution in [2.24, 2.45) is 4.99 Å². The molecule has 6 heteroatoms. The maximum atomic E-state index is 5.39. The third-order valence-corrected chi connectivity index (χ3v) is 2.84. The average molecular weight is 402 g/mol. The highest BCUT2D eigenvalue weighted by molar-refractivity contribution is 14.0. The van der Waals surface area contributed by atoms with Crippen molar-refractivity contribution in [3.8, 4) is 18.1 Å².